The quantitative estimate of drug-likeness (QED) is 0.432. The van der Waals surface area contributed by atoms with Crippen molar-refractivity contribution in [2.24, 2.45) is 0 Å². The summed E-state index contributed by atoms with van der Waals surface area (Å²) in [5.41, 5.74) is 1.08. The van der Waals surface area contributed by atoms with E-state index >= 15 is 0 Å². The van der Waals surface area contributed by atoms with Crippen molar-refractivity contribution in [1.82, 2.24) is 4.90 Å². The smallest absolute Gasteiger partial charge is 0.197 e. The molecule has 0 atom stereocenters. The van der Waals surface area contributed by atoms with Crippen LogP contribution >= 0.6 is 0 Å². The van der Waals surface area contributed by atoms with Crippen LogP contribution in [0.1, 0.15) is 26.7 Å². The molecule has 0 unspecified atom stereocenters. The highest BCUT2D eigenvalue weighted by molar-refractivity contribution is 5.86. The van der Waals surface area contributed by atoms with Gasteiger partial charge in [-0.15, -0.1) is 0 Å². The normalized spacial score (nSPS) is 11.1. The van der Waals surface area contributed by atoms with Crippen LogP contribution in [0.3, 0.4) is 0 Å². The molecule has 0 aliphatic carbocycles. The van der Waals surface area contributed by atoms with E-state index in [0.717, 1.165) is 43.8 Å². The average Bonchev–Trinajstić information content (AvgIpc) is 2.78. The van der Waals surface area contributed by atoms with Gasteiger partial charge in [-0.25, -0.2) is 0 Å². The fourth-order valence-corrected chi connectivity index (χ4v) is 3.61. The van der Waals surface area contributed by atoms with Crippen molar-refractivity contribution >= 4 is 11.0 Å². The Bertz CT molecular complexity index is 1040. The second kappa shape index (κ2) is 10.9. The first kappa shape index (κ1) is 22.7. The number of benzene rings is 2. The SMILES string of the molecule is CCCN(CCC)CCOc1cc(OC)cc2oc(-c3ccc(OC)cc3)cc(=O)c12. The Balaban J connectivity index is 1.92. The Hall–Kier alpha value is -2.99. The summed E-state index contributed by atoms with van der Waals surface area (Å²) in [5.74, 6) is 2.29. The molecule has 3 rings (SSSR count). The van der Waals surface area contributed by atoms with Crippen LogP contribution in [0.4, 0.5) is 0 Å². The van der Waals surface area contributed by atoms with Gasteiger partial charge in [0.1, 0.15) is 40.6 Å². The number of rotatable bonds is 11. The zero-order valence-corrected chi connectivity index (χ0v) is 18.8. The van der Waals surface area contributed by atoms with Crippen LogP contribution in [0.2, 0.25) is 0 Å². The van der Waals surface area contributed by atoms with Crippen LogP contribution in [-0.2, 0) is 0 Å². The zero-order chi connectivity index (χ0) is 22.2. The monoisotopic (exact) mass is 425 g/mol. The average molecular weight is 426 g/mol. The minimum absolute atomic E-state index is 0.149. The Kier molecular flexibility index (Phi) is 7.95. The molecular weight excluding hydrogens is 394 g/mol. The van der Waals surface area contributed by atoms with E-state index in [1.54, 1.807) is 26.4 Å². The Morgan fingerprint density at radius 2 is 1.55 bits per heavy atom. The van der Waals surface area contributed by atoms with E-state index in [2.05, 4.69) is 18.7 Å². The molecule has 0 saturated carbocycles. The molecule has 0 saturated heterocycles. The van der Waals surface area contributed by atoms with Crippen LogP contribution in [0.5, 0.6) is 17.2 Å². The van der Waals surface area contributed by atoms with Crippen LogP contribution in [0.15, 0.2) is 51.7 Å². The van der Waals surface area contributed by atoms with Crippen molar-refractivity contribution in [2.75, 3.05) is 40.5 Å². The summed E-state index contributed by atoms with van der Waals surface area (Å²) in [6.07, 6.45) is 2.19. The lowest BCUT2D eigenvalue weighted by Crippen LogP contribution is -2.30. The first-order valence-corrected chi connectivity index (χ1v) is 10.7. The summed E-state index contributed by atoms with van der Waals surface area (Å²) in [5, 5.41) is 0.426. The maximum absolute atomic E-state index is 13.0. The highest BCUT2D eigenvalue weighted by Crippen LogP contribution is 2.32. The lowest BCUT2D eigenvalue weighted by molar-refractivity contribution is 0.210. The van der Waals surface area contributed by atoms with Gasteiger partial charge >= 0.3 is 0 Å². The van der Waals surface area contributed by atoms with Crippen LogP contribution in [0.25, 0.3) is 22.3 Å². The maximum Gasteiger partial charge on any atom is 0.197 e. The van der Waals surface area contributed by atoms with E-state index in [4.69, 9.17) is 18.6 Å². The predicted molar refractivity (Wildman–Crippen MR) is 124 cm³/mol. The van der Waals surface area contributed by atoms with Crippen LogP contribution in [0, 0.1) is 0 Å². The minimum Gasteiger partial charge on any atom is -0.497 e. The van der Waals surface area contributed by atoms with Crippen molar-refractivity contribution in [3.8, 4) is 28.6 Å². The number of methoxy groups -OCH3 is 2. The van der Waals surface area contributed by atoms with Gasteiger partial charge in [-0.05, 0) is 50.2 Å². The standard InChI is InChI=1S/C25H31NO5/c1-5-11-26(12-6-2)13-14-30-23-15-20(29-4)16-24-25(23)21(27)17-22(31-24)18-7-9-19(28-3)10-8-18/h7-10,15-17H,5-6,11-14H2,1-4H3. The summed E-state index contributed by atoms with van der Waals surface area (Å²) in [7, 11) is 3.20. The summed E-state index contributed by atoms with van der Waals surface area (Å²) in [6.45, 7) is 7.69. The van der Waals surface area contributed by atoms with Crippen molar-refractivity contribution in [3.05, 3.63) is 52.7 Å². The van der Waals surface area contributed by atoms with Crippen molar-refractivity contribution in [2.45, 2.75) is 26.7 Å². The molecule has 0 radical (unpaired) electrons. The lowest BCUT2D eigenvalue weighted by atomic mass is 10.1. The van der Waals surface area contributed by atoms with E-state index in [9.17, 15) is 4.79 Å². The van der Waals surface area contributed by atoms with Crippen molar-refractivity contribution < 1.29 is 18.6 Å². The first-order chi connectivity index (χ1) is 15.1. The number of ether oxygens (including phenoxy) is 3. The summed E-state index contributed by atoms with van der Waals surface area (Å²) in [4.78, 5) is 15.4. The minimum atomic E-state index is -0.149. The molecule has 31 heavy (non-hydrogen) atoms. The molecule has 1 heterocycles. The predicted octanol–water partition coefficient (Wildman–Crippen LogP) is 4.98. The number of fused-ring (bicyclic) bond motifs is 1. The summed E-state index contributed by atoms with van der Waals surface area (Å²) < 4.78 is 22.7. The van der Waals surface area contributed by atoms with Gasteiger partial charge in [0.05, 0.1) is 14.2 Å². The topological polar surface area (TPSA) is 61.1 Å². The highest BCUT2D eigenvalue weighted by Gasteiger charge is 2.15. The van der Waals surface area contributed by atoms with E-state index in [-0.39, 0.29) is 5.43 Å². The van der Waals surface area contributed by atoms with Gasteiger partial charge in [-0.3, -0.25) is 9.69 Å². The largest absolute Gasteiger partial charge is 0.497 e. The molecule has 0 aliphatic heterocycles. The van der Waals surface area contributed by atoms with Gasteiger partial charge < -0.3 is 18.6 Å². The Morgan fingerprint density at radius 3 is 2.16 bits per heavy atom. The van der Waals surface area contributed by atoms with Gasteiger partial charge in [0.25, 0.3) is 0 Å². The summed E-state index contributed by atoms with van der Waals surface area (Å²) >= 11 is 0. The molecule has 6 nitrogen and oxygen atoms in total. The second-order valence-electron chi connectivity index (χ2n) is 7.39. The highest BCUT2D eigenvalue weighted by atomic mass is 16.5. The zero-order valence-electron chi connectivity index (χ0n) is 18.8. The lowest BCUT2D eigenvalue weighted by Gasteiger charge is -2.21. The molecule has 166 valence electrons. The van der Waals surface area contributed by atoms with E-state index in [1.165, 1.54) is 6.07 Å². The third-order valence-electron chi connectivity index (χ3n) is 5.12. The van der Waals surface area contributed by atoms with Crippen LogP contribution < -0.4 is 19.6 Å². The summed E-state index contributed by atoms with van der Waals surface area (Å²) in [6, 6.07) is 12.3. The third-order valence-corrected chi connectivity index (χ3v) is 5.12. The van der Waals surface area contributed by atoms with Crippen molar-refractivity contribution in [1.29, 1.82) is 0 Å². The van der Waals surface area contributed by atoms with Gasteiger partial charge in [-0.1, -0.05) is 13.8 Å². The maximum atomic E-state index is 13.0. The van der Waals surface area contributed by atoms with Gasteiger partial charge in [-0.2, -0.15) is 0 Å². The van der Waals surface area contributed by atoms with E-state index in [0.29, 0.717) is 34.8 Å². The van der Waals surface area contributed by atoms with E-state index < -0.39 is 0 Å². The molecule has 0 spiro atoms. The molecular formula is C25H31NO5. The molecule has 3 aromatic rings. The molecule has 6 heteroatoms. The Morgan fingerprint density at radius 1 is 0.871 bits per heavy atom. The molecule has 1 aromatic heterocycles. The number of hydrogen-bond donors (Lipinski definition) is 0. The third kappa shape index (κ3) is 5.58. The molecule has 0 bridgehead atoms. The van der Waals surface area contributed by atoms with E-state index in [1.807, 2.05) is 24.3 Å². The molecule has 0 N–H and O–H groups in total. The molecule has 0 fully saturated rings. The van der Waals surface area contributed by atoms with Crippen LogP contribution in [-0.4, -0.2) is 45.4 Å². The fourth-order valence-electron chi connectivity index (χ4n) is 3.61. The number of nitrogens with zero attached hydrogens (tertiary/aromatic N) is 1. The molecule has 0 amide bonds. The van der Waals surface area contributed by atoms with Gasteiger partial charge in [0.2, 0.25) is 0 Å². The van der Waals surface area contributed by atoms with Gasteiger partial charge in [0, 0.05) is 30.3 Å². The second-order valence-corrected chi connectivity index (χ2v) is 7.39. The number of hydrogen-bond acceptors (Lipinski definition) is 6. The molecule has 0 aliphatic rings. The molecule has 2 aromatic carbocycles. The fraction of sp³-hybridized carbons (Fsp3) is 0.400. The van der Waals surface area contributed by atoms with Crippen molar-refractivity contribution in [3.63, 3.8) is 0 Å². The first-order valence-electron chi connectivity index (χ1n) is 10.7. The Labute approximate surface area is 183 Å². The van der Waals surface area contributed by atoms with Gasteiger partial charge in [0.15, 0.2) is 5.43 Å².